The maximum absolute atomic E-state index is 14.8. The Morgan fingerprint density at radius 1 is 1.25 bits per heavy atom. The molecule has 4 rings (SSSR count). The van der Waals surface area contributed by atoms with Crippen LogP contribution in [0.2, 0.25) is 0 Å². The van der Waals surface area contributed by atoms with E-state index < -0.39 is 11.6 Å². The zero-order valence-electron chi connectivity index (χ0n) is 13.2. The normalized spacial score (nSPS) is 20.1. The van der Waals surface area contributed by atoms with Crippen LogP contribution in [0.3, 0.4) is 0 Å². The Bertz CT molecular complexity index is 791. The Morgan fingerprint density at radius 2 is 1.96 bits per heavy atom. The Labute approximate surface area is 138 Å². The third-order valence-electron chi connectivity index (χ3n) is 4.84. The molecule has 0 unspecified atom stereocenters. The molecule has 2 amide bonds. The molecule has 24 heavy (non-hydrogen) atoms. The quantitative estimate of drug-likeness (QED) is 0.900. The number of benzene rings is 1. The van der Waals surface area contributed by atoms with E-state index in [1.807, 2.05) is 24.3 Å². The summed E-state index contributed by atoms with van der Waals surface area (Å²) in [6.07, 6.45) is 1.91. The molecule has 2 aromatic rings. The average molecular weight is 330 g/mol. The Kier molecular flexibility index (Phi) is 3.51. The number of hydrogen-bond acceptors (Lipinski definition) is 3. The van der Waals surface area contributed by atoms with E-state index in [1.54, 1.807) is 4.90 Å². The molecule has 2 aliphatic rings. The van der Waals surface area contributed by atoms with Crippen LogP contribution in [0.4, 0.5) is 4.39 Å². The van der Waals surface area contributed by atoms with Crippen molar-refractivity contribution in [1.82, 2.24) is 20.4 Å². The SMILES string of the molecule is O=C(c1n[nH]c2ccccc12)N1CCC(F)(C(=O)NC2CC2)CC1. The Hall–Kier alpha value is -2.44. The summed E-state index contributed by atoms with van der Waals surface area (Å²) >= 11 is 0. The number of carbonyl (C=O) groups is 2. The Morgan fingerprint density at radius 3 is 2.67 bits per heavy atom. The number of likely N-dealkylation sites (tertiary alicyclic amines) is 1. The number of nitrogens with one attached hydrogen (secondary N) is 2. The second-order valence-corrected chi connectivity index (χ2v) is 6.62. The summed E-state index contributed by atoms with van der Waals surface area (Å²) in [6, 6.07) is 7.54. The number of hydrogen-bond donors (Lipinski definition) is 2. The lowest BCUT2D eigenvalue weighted by atomic mass is 9.92. The number of para-hydroxylation sites is 1. The van der Waals surface area contributed by atoms with Crippen LogP contribution in [0.25, 0.3) is 10.9 Å². The number of amides is 2. The highest BCUT2D eigenvalue weighted by molar-refractivity contribution is 6.04. The number of aromatic nitrogens is 2. The number of halogens is 1. The number of H-pyrrole nitrogens is 1. The van der Waals surface area contributed by atoms with Crippen molar-refractivity contribution in [3.05, 3.63) is 30.0 Å². The maximum Gasteiger partial charge on any atom is 0.274 e. The fourth-order valence-electron chi connectivity index (χ4n) is 3.11. The lowest BCUT2D eigenvalue weighted by Gasteiger charge is -2.35. The second-order valence-electron chi connectivity index (χ2n) is 6.62. The van der Waals surface area contributed by atoms with Gasteiger partial charge in [-0.25, -0.2) is 4.39 Å². The van der Waals surface area contributed by atoms with Gasteiger partial charge in [0, 0.05) is 37.4 Å². The number of nitrogens with zero attached hydrogens (tertiary/aromatic N) is 2. The number of aromatic amines is 1. The van der Waals surface area contributed by atoms with Crippen molar-refractivity contribution < 1.29 is 14.0 Å². The van der Waals surface area contributed by atoms with Gasteiger partial charge in [0.05, 0.1) is 5.52 Å². The van der Waals surface area contributed by atoms with Crippen LogP contribution in [0, 0.1) is 0 Å². The summed E-state index contributed by atoms with van der Waals surface area (Å²) in [5.74, 6) is -0.751. The number of alkyl halides is 1. The molecule has 1 aliphatic carbocycles. The van der Waals surface area contributed by atoms with Crippen molar-refractivity contribution >= 4 is 22.7 Å². The van der Waals surface area contributed by atoms with Gasteiger partial charge >= 0.3 is 0 Å². The molecule has 0 atom stereocenters. The zero-order valence-corrected chi connectivity index (χ0v) is 13.2. The molecule has 0 radical (unpaired) electrons. The van der Waals surface area contributed by atoms with E-state index in [9.17, 15) is 14.0 Å². The monoisotopic (exact) mass is 330 g/mol. The zero-order chi connectivity index (χ0) is 16.7. The average Bonchev–Trinajstić information content (AvgIpc) is 3.31. The van der Waals surface area contributed by atoms with Gasteiger partial charge in [-0.1, -0.05) is 18.2 Å². The first kappa shape index (κ1) is 15.1. The highest BCUT2D eigenvalue weighted by Crippen LogP contribution is 2.30. The van der Waals surface area contributed by atoms with E-state index in [2.05, 4.69) is 15.5 Å². The van der Waals surface area contributed by atoms with Gasteiger partial charge in [0.25, 0.3) is 11.8 Å². The van der Waals surface area contributed by atoms with Crippen molar-refractivity contribution in [2.45, 2.75) is 37.4 Å². The predicted molar refractivity (Wildman–Crippen MR) is 86.2 cm³/mol. The van der Waals surface area contributed by atoms with Crippen LogP contribution in [-0.2, 0) is 4.79 Å². The van der Waals surface area contributed by atoms with E-state index in [0.717, 1.165) is 23.7 Å². The van der Waals surface area contributed by atoms with E-state index in [1.165, 1.54) is 0 Å². The molecule has 6 nitrogen and oxygen atoms in total. The number of piperidine rings is 1. The van der Waals surface area contributed by atoms with Crippen molar-refractivity contribution in [3.8, 4) is 0 Å². The highest BCUT2D eigenvalue weighted by Gasteiger charge is 2.44. The van der Waals surface area contributed by atoms with Crippen molar-refractivity contribution in [2.75, 3.05) is 13.1 Å². The first-order valence-electron chi connectivity index (χ1n) is 8.29. The fraction of sp³-hybridized carbons (Fsp3) is 0.471. The molecule has 2 N–H and O–H groups in total. The van der Waals surface area contributed by atoms with Gasteiger partial charge < -0.3 is 10.2 Å². The smallest absolute Gasteiger partial charge is 0.274 e. The van der Waals surface area contributed by atoms with E-state index in [0.29, 0.717) is 5.69 Å². The maximum atomic E-state index is 14.8. The minimum atomic E-state index is -1.87. The molecule has 1 aliphatic heterocycles. The van der Waals surface area contributed by atoms with Gasteiger partial charge in [-0.3, -0.25) is 14.7 Å². The summed E-state index contributed by atoms with van der Waals surface area (Å²) in [6.45, 7) is 0.434. The van der Waals surface area contributed by atoms with E-state index in [4.69, 9.17) is 0 Å². The molecule has 0 bridgehead atoms. The predicted octanol–water partition coefficient (Wildman–Crippen LogP) is 1.79. The molecule has 7 heteroatoms. The van der Waals surface area contributed by atoms with Crippen LogP contribution < -0.4 is 5.32 Å². The molecule has 2 fully saturated rings. The van der Waals surface area contributed by atoms with Crippen molar-refractivity contribution in [3.63, 3.8) is 0 Å². The lowest BCUT2D eigenvalue weighted by molar-refractivity contribution is -0.135. The van der Waals surface area contributed by atoms with Crippen LogP contribution in [0.5, 0.6) is 0 Å². The summed E-state index contributed by atoms with van der Waals surface area (Å²) in [4.78, 5) is 26.3. The number of fused-ring (bicyclic) bond motifs is 1. The standard InChI is InChI=1S/C17H19FN4O2/c18-17(16(24)19-11-5-6-11)7-9-22(10-8-17)15(23)14-12-3-1-2-4-13(12)20-21-14/h1-4,11H,5-10H2,(H,19,24)(H,20,21). The van der Waals surface area contributed by atoms with Crippen LogP contribution in [-0.4, -0.2) is 51.7 Å². The molecular weight excluding hydrogens is 311 g/mol. The van der Waals surface area contributed by atoms with Gasteiger partial charge in [-0.15, -0.1) is 0 Å². The Balaban J connectivity index is 1.45. The molecule has 1 saturated carbocycles. The lowest BCUT2D eigenvalue weighted by Crippen LogP contribution is -2.52. The first-order valence-corrected chi connectivity index (χ1v) is 8.29. The van der Waals surface area contributed by atoms with Gasteiger partial charge in [0.2, 0.25) is 0 Å². The summed E-state index contributed by atoms with van der Waals surface area (Å²) < 4.78 is 14.8. The van der Waals surface area contributed by atoms with Crippen LogP contribution in [0.1, 0.15) is 36.2 Å². The highest BCUT2D eigenvalue weighted by atomic mass is 19.1. The second kappa shape index (κ2) is 5.58. The topological polar surface area (TPSA) is 78.1 Å². The molecule has 1 aromatic heterocycles. The van der Waals surface area contributed by atoms with Crippen molar-refractivity contribution in [2.24, 2.45) is 0 Å². The van der Waals surface area contributed by atoms with Gasteiger partial charge in [0.15, 0.2) is 11.4 Å². The van der Waals surface area contributed by atoms with Gasteiger partial charge in [-0.05, 0) is 18.9 Å². The van der Waals surface area contributed by atoms with Gasteiger partial charge in [-0.2, -0.15) is 5.10 Å². The fourth-order valence-corrected chi connectivity index (χ4v) is 3.11. The molecule has 1 aromatic carbocycles. The molecule has 0 spiro atoms. The minimum absolute atomic E-state index is 0.0274. The summed E-state index contributed by atoms with van der Waals surface area (Å²) in [5, 5.41) is 10.4. The third-order valence-corrected chi connectivity index (χ3v) is 4.84. The number of rotatable bonds is 3. The van der Waals surface area contributed by atoms with Crippen LogP contribution in [0.15, 0.2) is 24.3 Å². The summed E-state index contributed by atoms with van der Waals surface area (Å²) in [7, 11) is 0. The minimum Gasteiger partial charge on any atom is -0.351 e. The molecular formula is C17H19FN4O2. The third kappa shape index (κ3) is 2.64. The van der Waals surface area contributed by atoms with Crippen LogP contribution >= 0.6 is 0 Å². The first-order chi connectivity index (χ1) is 11.6. The van der Waals surface area contributed by atoms with Crippen molar-refractivity contribution in [1.29, 1.82) is 0 Å². The van der Waals surface area contributed by atoms with E-state index in [-0.39, 0.29) is 37.9 Å². The van der Waals surface area contributed by atoms with E-state index >= 15 is 0 Å². The molecule has 126 valence electrons. The summed E-state index contributed by atoms with van der Waals surface area (Å²) in [5.41, 5.74) is -0.728. The largest absolute Gasteiger partial charge is 0.351 e. The molecule has 2 heterocycles. The van der Waals surface area contributed by atoms with Gasteiger partial charge in [0.1, 0.15) is 0 Å². The number of carbonyl (C=O) groups excluding carboxylic acids is 2. The molecule has 1 saturated heterocycles.